The monoisotopic (exact) mass is 536 g/mol. The highest BCUT2D eigenvalue weighted by Gasteiger charge is 2.47. The Balaban J connectivity index is 1.92. The Morgan fingerprint density at radius 1 is 0.947 bits per heavy atom. The topological polar surface area (TPSA) is 99.5 Å². The minimum Gasteiger partial charge on any atom is -0.508 e. The van der Waals surface area contributed by atoms with E-state index >= 15 is 0 Å². The second-order valence-electron chi connectivity index (χ2n) is 8.64. The Morgan fingerprint density at radius 3 is 2.11 bits per heavy atom. The van der Waals surface area contributed by atoms with Crippen LogP contribution in [0.2, 0.25) is 5.02 Å². The summed E-state index contributed by atoms with van der Waals surface area (Å²) in [5.74, 6) is -1.53. The van der Waals surface area contributed by atoms with Gasteiger partial charge in [0.1, 0.15) is 23.0 Å². The summed E-state index contributed by atoms with van der Waals surface area (Å²) >= 11 is 6.33. The molecule has 2 N–H and O–H groups in total. The van der Waals surface area contributed by atoms with E-state index in [1.54, 1.807) is 24.3 Å². The molecule has 1 atom stereocenters. The number of nitrogens with zero attached hydrogens (tertiary/aromatic N) is 2. The fourth-order valence-electron chi connectivity index (χ4n) is 4.67. The molecule has 198 valence electrons. The van der Waals surface area contributed by atoms with E-state index in [2.05, 4.69) is 18.7 Å². The van der Waals surface area contributed by atoms with Crippen molar-refractivity contribution in [3.05, 3.63) is 82.4 Å². The molecule has 4 rings (SSSR count). The van der Waals surface area contributed by atoms with Crippen molar-refractivity contribution in [2.24, 2.45) is 0 Å². The summed E-state index contributed by atoms with van der Waals surface area (Å²) in [6.45, 7) is 5.75. The van der Waals surface area contributed by atoms with Crippen LogP contribution in [-0.4, -0.2) is 49.2 Å². The molecule has 1 saturated heterocycles. The van der Waals surface area contributed by atoms with Gasteiger partial charge in [-0.25, -0.2) is 0 Å². The number of amides is 1. The van der Waals surface area contributed by atoms with Crippen molar-refractivity contribution in [2.45, 2.75) is 19.9 Å². The lowest BCUT2D eigenvalue weighted by Gasteiger charge is -2.27. The maximum Gasteiger partial charge on any atom is 0.300 e. The molecule has 1 unspecified atom stereocenters. The van der Waals surface area contributed by atoms with Crippen molar-refractivity contribution in [1.82, 2.24) is 0 Å². The third-order valence-corrected chi connectivity index (χ3v) is 6.93. The molecule has 1 aliphatic heterocycles. The van der Waals surface area contributed by atoms with Crippen LogP contribution in [0, 0.1) is 0 Å². The molecule has 3 aromatic carbocycles. The summed E-state index contributed by atoms with van der Waals surface area (Å²) < 4.78 is 10.7. The number of Topliss-reactive ketones (excluding diaryl/α,β-unsaturated/α-hetero) is 1. The van der Waals surface area contributed by atoms with Crippen LogP contribution >= 0.6 is 11.6 Å². The van der Waals surface area contributed by atoms with Crippen LogP contribution < -0.4 is 19.3 Å². The Morgan fingerprint density at radius 2 is 1.55 bits per heavy atom. The van der Waals surface area contributed by atoms with E-state index in [4.69, 9.17) is 21.1 Å². The molecule has 0 aromatic heterocycles. The van der Waals surface area contributed by atoms with Gasteiger partial charge in [0.05, 0.1) is 36.4 Å². The second kappa shape index (κ2) is 11.1. The number of benzene rings is 3. The molecule has 0 aliphatic carbocycles. The van der Waals surface area contributed by atoms with E-state index < -0.39 is 23.5 Å². The van der Waals surface area contributed by atoms with Crippen molar-refractivity contribution in [3.63, 3.8) is 0 Å². The van der Waals surface area contributed by atoms with Crippen LogP contribution in [0.1, 0.15) is 31.0 Å². The van der Waals surface area contributed by atoms with Gasteiger partial charge < -0.3 is 24.6 Å². The van der Waals surface area contributed by atoms with Crippen molar-refractivity contribution < 1.29 is 29.3 Å². The third kappa shape index (κ3) is 4.75. The van der Waals surface area contributed by atoms with Crippen LogP contribution in [0.5, 0.6) is 17.2 Å². The average Bonchev–Trinajstić information content (AvgIpc) is 3.19. The van der Waals surface area contributed by atoms with Crippen LogP contribution in [0.3, 0.4) is 0 Å². The average molecular weight is 537 g/mol. The van der Waals surface area contributed by atoms with Gasteiger partial charge in [0.15, 0.2) is 0 Å². The van der Waals surface area contributed by atoms with Gasteiger partial charge in [0, 0.05) is 30.5 Å². The number of hydrogen-bond acceptors (Lipinski definition) is 7. The van der Waals surface area contributed by atoms with Gasteiger partial charge in [-0.05, 0) is 61.9 Å². The van der Waals surface area contributed by atoms with Crippen molar-refractivity contribution in [1.29, 1.82) is 0 Å². The van der Waals surface area contributed by atoms with Crippen molar-refractivity contribution >= 4 is 40.4 Å². The molecule has 1 amide bonds. The number of rotatable bonds is 8. The first-order chi connectivity index (χ1) is 18.2. The van der Waals surface area contributed by atoms with Crippen LogP contribution in [-0.2, 0) is 9.59 Å². The molecule has 9 heteroatoms. The number of methoxy groups -OCH3 is 2. The quantitative estimate of drug-likeness (QED) is 0.222. The second-order valence-corrected chi connectivity index (χ2v) is 9.04. The van der Waals surface area contributed by atoms with Gasteiger partial charge >= 0.3 is 0 Å². The lowest BCUT2D eigenvalue weighted by atomic mass is 9.94. The summed E-state index contributed by atoms with van der Waals surface area (Å²) in [6.07, 6.45) is 0. The number of phenols is 1. The Hall–Kier alpha value is -4.17. The normalized spacial score (nSPS) is 16.6. The fourth-order valence-corrected chi connectivity index (χ4v) is 4.91. The number of phenolic OH excluding ortho intramolecular Hbond substituents is 1. The predicted octanol–water partition coefficient (Wildman–Crippen LogP) is 5.54. The number of carbonyl (C=O) groups excluding carboxylic acids is 2. The molecule has 0 bridgehead atoms. The first-order valence-corrected chi connectivity index (χ1v) is 12.5. The summed E-state index contributed by atoms with van der Waals surface area (Å²) in [7, 11) is 2.86. The van der Waals surface area contributed by atoms with Gasteiger partial charge in [-0.1, -0.05) is 23.7 Å². The molecule has 1 heterocycles. The highest BCUT2D eigenvalue weighted by Crippen LogP contribution is 2.45. The number of anilines is 2. The van der Waals surface area contributed by atoms with E-state index in [1.807, 2.05) is 12.1 Å². The van der Waals surface area contributed by atoms with Crippen LogP contribution in [0.4, 0.5) is 11.4 Å². The molecule has 8 nitrogen and oxygen atoms in total. The standard InChI is InChI=1S/C29H29ClN2O6/c1-5-31(6-2)18-9-11-19(12-10-18)32-26(17-7-13-20(33)14-8-17)25(28(35)29(32)36)27(34)21-15-22(30)24(38-4)16-23(21)37-3/h7-16,26,33-34H,5-6H2,1-4H3/b27-25+. The molecule has 0 saturated carbocycles. The van der Waals surface area contributed by atoms with Gasteiger partial charge in [-0.2, -0.15) is 0 Å². The number of ether oxygens (including phenoxy) is 2. The number of carbonyl (C=O) groups is 2. The zero-order valence-electron chi connectivity index (χ0n) is 21.6. The predicted molar refractivity (Wildman–Crippen MR) is 147 cm³/mol. The van der Waals surface area contributed by atoms with Gasteiger partial charge in [-0.3, -0.25) is 14.5 Å². The minimum absolute atomic E-state index is 0.0258. The van der Waals surface area contributed by atoms with Crippen LogP contribution in [0.15, 0.2) is 66.2 Å². The lowest BCUT2D eigenvalue weighted by Crippen LogP contribution is -2.29. The Kier molecular flexibility index (Phi) is 7.83. The summed E-state index contributed by atoms with van der Waals surface area (Å²) in [5.41, 5.74) is 1.99. The molecule has 38 heavy (non-hydrogen) atoms. The molecular formula is C29H29ClN2O6. The molecule has 1 aliphatic rings. The highest BCUT2D eigenvalue weighted by molar-refractivity contribution is 6.51. The zero-order valence-corrected chi connectivity index (χ0v) is 22.3. The first-order valence-electron chi connectivity index (χ1n) is 12.1. The maximum absolute atomic E-state index is 13.5. The smallest absolute Gasteiger partial charge is 0.300 e. The SMILES string of the molecule is CCN(CC)c1ccc(N2C(=O)C(=O)/C(=C(/O)c3cc(Cl)c(OC)cc3OC)C2c2ccc(O)cc2)cc1. The lowest BCUT2D eigenvalue weighted by molar-refractivity contribution is -0.132. The molecule has 0 spiro atoms. The van der Waals surface area contributed by atoms with Crippen molar-refractivity contribution in [2.75, 3.05) is 37.1 Å². The van der Waals surface area contributed by atoms with E-state index in [1.165, 1.54) is 43.4 Å². The third-order valence-electron chi connectivity index (χ3n) is 6.64. The summed E-state index contributed by atoms with van der Waals surface area (Å²) in [5, 5.41) is 21.5. The minimum atomic E-state index is -0.972. The van der Waals surface area contributed by atoms with Gasteiger partial charge in [-0.15, -0.1) is 0 Å². The molecule has 0 radical (unpaired) electrons. The van der Waals surface area contributed by atoms with E-state index in [0.717, 1.165) is 18.8 Å². The fraction of sp³-hybridized carbons (Fsp3) is 0.241. The number of aromatic hydroxyl groups is 1. The Labute approximate surface area is 226 Å². The molecular weight excluding hydrogens is 508 g/mol. The van der Waals surface area contributed by atoms with E-state index in [9.17, 15) is 19.8 Å². The summed E-state index contributed by atoms with van der Waals surface area (Å²) in [4.78, 5) is 30.4. The van der Waals surface area contributed by atoms with Gasteiger partial charge in [0.25, 0.3) is 11.7 Å². The highest BCUT2D eigenvalue weighted by atomic mass is 35.5. The number of hydrogen-bond donors (Lipinski definition) is 2. The van der Waals surface area contributed by atoms with Crippen LogP contribution in [0.25, 0.3) is 5.76 Å². The number of ketones is 1. The van der Waals surface area contributed by atoms with Gasteiger partial charge in [0.2, 0.25) is 0 Å². The Bertz CT molecular complexity index is 1380. The van der Waals surface area contributed by atoms with E-state index in [-0.39, 0.29) is 27.7 Å². The summed E-state index contributed by atoms with van der Waals surface area (Å²) in [6, 6.07) is 15.4. The first kappa shape index (κ1) is 26.9. The largest absolute Gasteiger partial charge is 0.508 e. The number of halogens is 1. The van der Waals surface area contributed by atoms with Crippen molar-refractivity contribution in [3.8, 4) is 17.2 Å². The zero-order chi connectivity index (χ0) is 27.6. The molecule has 1 fully saturated rings. The number of aliphatic hydroxyl groups is 1. The van der Waals surface area contributed by atoms with E-state index in [0.29, 0.717) is 17.0 Å². The maximum atomic E-state index is 13.5. The molecule has 3 aromatic rings. The number of aliphatic hydroxyl groups excluding tert-OH is 1.